The maximum Gasteiger partial charge on any atom is 0.309 e. The molecule has 1 aromatic heterocycles. The van der Waals surface area contributed by atoms with Gasteiger partial charge in [-0.2, -0.15) is 0 Å². The van der Waals surface area contributed by atoms with Crippen LogP contribution in [0.5, 0.6) is 0 Å². The summed E-state index contributed by atoms with van der Waals surface area (Å²) >= 11 is 7.32. The van der Waals surface area contributed by atoms with Crippen LogP contribution < -0.4 is 0 Å². The van der Waals surface area contributed by atoms with E-state index in [0.717, 1.165) is 15.4 Å². The average Bonchev–Trinajstić information content (AvgIpc) is 2.59. The Hall–Kier alpha value is -1.39. The summed E-state index contributed by atoms with van der Waals surface area (Å²) in [5.41, 5.74) is 1.57. The van der Waals surface area contributed by atoms with Crippen LogP contribution in [0.15, 0.2) is 24.3 Å². The Kier molecular flexibility index (Phi) is 3.45. The van der Waals surface area contributed by atoms with E-state index < -0.39 is 5.97 Å². The summed E-state index contributed by atoms with van der Waals surface area (Å²) in [5.74, 6) is -0.870. The Labute approximate surface area is 108 Å². The van der Waals surface area contributed by atoms with Gasteiger partial charge in [-0.1, -0.05) is 23.7 Å². The lowest BCUT2D eigenvalue weighted by Gasteiger charge is -2.00. The largest absolute Gasteiger partial charge is 0.481 e. The van der Waals surface area contributed by atoms with Gasteiger partial charge < -0.3 is 5.11 Å². The summed E-state index contributed by atoms with van der Waals surface area (Å²) in [7, 11) is 0. The van der Waals surface area contributed by atoms with Crippen LogP contribution in [0.3, 0.4) is 0 Å². The molecule has 2 rings (SSSR count). The van der Waals surface area contributed by atoms with Crippen molar-refractivity contribution in [3.63, 3.8) is 0 Å². The van der Waals surface area contributed by atoms with Crippen LogP contribution in [0.25, 0.3) is 10.4 Å². The molecule has 0 amide bonds. The number of hydrogen-bond acceptors (Lipinski definition) is 3. The van der Waals surface area contributed by atoms with Crippen molar-refractivity contribution < 1.29 is 9.90 Å². The summed E-state index contributed by atoms with van der Waals surface area (Å²) < 4.78 is 0. The van der Waals surface area contributed by atoms with Crippen molar-refractivity contribution in [2.45, 2.75) is 13.3 Å². The van der Waals surface area contributed by atoms with Crippen molar-refractivity contribution in [2.75, 3.05) is 0 Å². The number of carbonyl (C=O) groups is 1. The minimum Gasteiger partial charge on any atom is -0.481 e. The molecule has 0 aliphatic rings. The van der Waals surface area contributed by atoms with Crippen molar-refractivity contribution in [1.29, 1.82) is 0 Å². The van der Waals surface area contributed by atoms with Gasteiger partial charge in [0.25, 0.3) is 0 Å². The lowest BCUT2D eigenvalue weighted by Crippen LogP contribution is -2.01. The van der Waals surface area contributed by atoms with Gasteiger partial charge in [0.05, 0.1) is 22.0 Å². The Morgan fingerprint density at radius 2 is 2.06 bits per heavy atom. The molecule has 5 heteroatoms. The lowest BCUT2D eigenvalue weighted by atomic mass is 10.1. The highest BCUT2D eigenvalue weighted by Gasteiger charge is 2.13. The SMILES string of the molecule is Cc1nc(CC(=O)O)c(-c2ccc(Cl)cc2)s1. The van der Waals surface area contributed by atoms with Crippen LogP contribution in [-0.4, -0.2) is 16.1 Å². The molecule has 2 aromatic rings. The monoisotopic (exact) mass is 267 g/mol. The highest BCUT2D eigenvalue weighted by atomic mass is 35.5. The van der Waals surface area contributed by atoms with Crippen molar-refractivity contribution in [2.24, 2.45) is 0 Å². The molecule has 1 heterocycles. The third-order valence-electron chi connectivity index (χ3n) is 2.23. The van der Waals surface area contributed by atoms with Gasteiger partial charge in [0, 0.05) is 5.02 Å². The molecule has 0 unspecified atom stereocenters. The first-order chi connectivity index (χ1) is 8.06. The maximum atomic E-state index is 10.8. The number of benzene rings is 1. The van der Waals surface area contributed by atoms with Gasteiger partial charge in [-0.25, -0.2) is 4.98 Å². The van der Waals surface area contributed by atoms with Gasteiger partial charge in [-0.3, -0.25) is 4.79 Å². The minimum atomic E-state index is -0.870. The highest BCUT2D eigenvalue weighted by Crippen LogP contribution is 2.31. The molecule has 0 saturated carbocycles. The molecule has 3 nitrogen and oxygen atoms in total. The number of thiazole rings is 1. The molecule has 0 fully saturated rings. The number of aromatic nitrogens is 1. The van der Waals surface area contributed by atoms with Crippen LogP contribution in [0.4, 0.5) is 0 Å². The zero-order chi connectivity index (χ0) is 12.4. The average molecular weight is 268 g/mol. The number of aryl methyl sites for hydroxylation is 1. The number of hydrogen-bond donors (Lipinski definition) is 1. The lowest BCUT2D eigenvalue weighted by molar-refractivity contribution is -0.136. The number of carboxylic acid groups (broad SMARTS) is 1. The highest BCUT2D eigenvalue weighted by molar-refractivity contribution is 7.15. The van der Waals surface area contributed by atoms with Crippen molar-refractivity contribution in [3.8, 4) is 10.4 Å². The molecule has 0 radical (unpaired) electrons. The van der Waals surface area contributed by atoms with Crippen LogP contribution in [0.2, 0.25) is 5.02 Å². The third-order valence-corrected chi connectivity index (χ3v) is 3.54. The number of carboxylic acids is 1. The summed E-state index contributed by atoms with van der Waals surface area (Å²) in [6.07, 6.45) is -0.0533. The predicted octanol–water partition coefficient (Wildman–Crippen LogP) is 3.40. The fourth-order valence-corrected chi connectivity index (χ4v) is 2.63. The second kappa shape index (κ2) is 4.85. The van der Waals surface area contributed by atoms with E-state index in [4.69, 9.17) is 16.7 Å². The third kappa shape index (κ3) is 2.84. The first kappa shape index (κ1) is 12.1. The molecule has 1 aromatic carbocycles. The van der Waals surface area contributed by atoms with Crippen LogP contribution in [-0.2, 0) is 11.2 Å². The fourth-order valence-electron chi connectivity index (χ4n) is 1.56. The van der Waals surface area contributed by atoms with E-state index in [9.17, 15) is 4.79 Å². The van der Waals surface area contributed by atoms with E-state index >= 15 is 0 Å². The second-order valence-electron chi connectivity index (χ2n) is 3.59. The van der Waals surface area contributed by atoms with E-state index in [0.29, 0.717) is 10.7 Å². The summed E-state index contributed by atoms with van der Waals surface area (Å²) in [5, 5.41) is 10.4. The zero-order valence-corrected chi connectivity index (χ0v) is 10.7. The van der Waals surface area contributed by atoms with Crippen LogP contribution >= 0.6 is 22.9 Å². The molecular formula is C12H10ClNO2S. The smallest absolute Gasteiger partial charge is 0.309 e. The van der Waals surface area contributed by atoms with Crippen LogP contribution in [0, 0.1) is 6.92 Å². The van der Waals surface area contributed by atoms with E-state index in [2.05, 4.69) is 4.98 Å². The molecule has 0 aliphatic carbocycles. The number of rotatable bonds is 3. The maximum absolute atomic E-state index is 10.8. The molecule has 0 saturated heterocycles. The second-order valence-corrected chi connectivity index (χ2v) is 5.23. The summed E-state index contributed by atoms with van der Waals surface area (Å²) in [6.45, 7) is 1.87. The Bertz CT molecular complexity index is 548. The molecule has 0 aliphatic heterocycles. The fraction of sp³-hybridized carbons (Fsp3) is 0.167. The first-order valence-electron chi connectivity index (χ1n) is 5.00. The quantitative estimate of drug-likeness (QED) is 0.927. The van der Waals surface area contributed by atoms with Gasteiger partial charge in [-0.05, 0) is 24.6 Å². The van der Waals surface area contributed by atoms with Gasteiger partial charge in [-0.15, -0.1) is 11.3 Å². The Balaban J connectivity index is 2.43. The topological polar surface area (TPSA) is 50.2 Å². The predicted molar refractivity (Wildman–Crippen MR) is 68.6 cm³/mol. The standard InChI is InChI=1S/C12H10ClNO2S/c1-7-14-10(6-11(15)16)12(17-7)8-2-4-9(13)5-3-8/h2-5H,6H2,1H3,(H,15,16). The Morgan fingerprint density at radius 3 is 2.65 bits per heavy atom. The van der Waals surface area contributed by atoms with Gasteiger partial charge >= 0.3 is 5.97 Å². The molecule has 88 valence electrons. The van der Waals surface area contributed by atoms with E-state index in [-0.39, 0.29) is 6.42 Å². The summed E-state index contributed by atoms with van der Waals surface area (Å²) in [4.78, 5) is 15.9. The molecule has 0 spiro atoms. The molecule has 0 bridgehead atoms. The first-order valence-corrected chi connectivity index (χ1v) is 6.20. The minimum absolute atomic E-state index is 0.0533. The zero-order valence-electron chi connectivity index (χ0n) is 9.11. The van der Waals surface area contributed by atoms with E-state index in [1.54, 1.807) is 12.1 Å². The number of nitrogens with zero attached hydrogens (tertiary/aromatic N) is 1. The summed E-state index contributed by atoms with van der Waals surface area (Å²) in [6, 6.07) is 7.33. The number of aliphatic carboxylic acids is 1. The molecule has 17 heavy (non-hydrogen) atoms. The van der Waals surface area contributed by atoms with Crippen molar-refractivity contribution in [1.82, 2.24) is 4.98 Å². The van der Waals surface area contributed by atoms with Crippen molar-refractivity contribution in [3.05, 3.63) is 40.0 Å². The van der Waals surface area contributed by atoms with Gasteiger partial charge in [0.2, 0.25) is 0 Å². The molecule has 1 N–H and O–H groups in total. The molecular weight excluding hydrogens is 258 g/mol. The van der Waals surface area contributed by atoms with Gasteiger partial charge in [0.1, 0.15) is 0 Å². The Morgan fingerprint density at radius 1 is 1.41 bits per heavy atom. The van der Waals surface area contributed by atoms with E-state index in [1.165, 1.54) is 11.3 Å². The number of halogens is 1. The van der Waals surface area contributed by atoms with Gasteiger partial charge in [0.15, 0.2) is 0 Å². The molecule has 0 atom stereocenters. The van der Waals surface area contributed by atoms with Crippen molar-refractivity contribution >= 4 is 28.9 Å². The van der Waals surface area contributed by atoms with Crippen LogP contribution in [0.1, 0.15) is 10.7 Å². The van der Waals surface area contributed by atoms with E-state index in [1.807, 2.05) is 19.1 Å². The normalized spacial score (nSPS) is 10.5.